The average molecular weight is 329 g/mol. The molecule has 2 rings (SSSR count). The quantitative estimate of drug-likeness (QED) is 0.745. The largest absolute Gasteiger partial charge is 0.480 e. The summed E-state index contributed by atoms with van der Waals surface area (Å²) >= 11 is 0. The molecule has 0 aliphatic carbocycles. The first kappa shape index (κ1) is 17.6. The van der Waals surface area contributed by atoms with Gasteiger partial charge in [-0.25, -0.2) is 4.68 Å². The molecule has 0 saturated heterocycles. The van der Waals surface area contributed by atoms with E-state index in [1.165, 1.54) is 16.8 Å². The first-order chi connectivity index (χ1) is 11.4. The van der Waals surface area contributed by atoms with Crippen LogP contribution >= 0.6 is 0 Å². The first-order valence-corrected chi connectivity index (χ1v) is 7.54. The van der Waals surface area contributed by atoms with E-state index in [1.54, 1.807) is 44.2 Å². The van der Waals surface area contributed by atoms with Gasteiger partial charge in [-0.3, -0.25) is 19.7 Å². The number of carbonyl (C=O) groups is 2. The number of Topliss-reactive ketones (excluding diaryl/α,β-unsaturated/α-hetero) is 1. The standard InChI is InChI=1S/C17H19N3O4/c1-11(2)20-14(21)9-8-13(19-20)16(18-10-15(22)23)17(24)12-6-4-3-5-7-12/h3-9,11,16,18H,10H2,1-2H3,(H,22,23). The molecule has 7 nitrogen and oxygen atoms in total. The summed E-state index contributed by atoms with van der Waals surface area (Å²) < 4.78 is 1.27. The molecule has 0 radical (unpaired) electrons. The van der Waals surface area contributed by atoms with E-state index in [4.69, 9.17) is 5.11 Å². The van der Waals surface area contributed by atoms with Gasteiger partial charge in [0.25, 0.3) is 5.56 Å². The van der Waals surface area contributed by atoms with Crippen molar-refractivity contribution in [2.45, 2.75) is 25.9 Å². The lowest BCUT2D eigenvalue weighted by Crippen LogP contribution is -2.35. The summed E-state index contributed by atoms with van der Waals surface area (Å²) in [6, 6.07) is 10.2. The van der Waals surface area contributed by atoms with Gasteiger partial charge >= 0.3 is 5.97 Å². The molecule has 0 aliphatic rings. The highest BCUT2D eigenvalue weighted by Crippen LogP contribution is 2.16. The molecule has 126 valence electrons. The SMILES string of the molecule is CC(C)n1nc(C(NCC(=O)O)C(=O)c2ccccc2)ccc1=O. The summed E-state index contributed by atoms with van der Waals surface area (Å²) in [5.41, 5.74) is 0.459. The van der Waals surface area contributed by atoms with Crippen LogP contribution in [0.25, 0.3) is 0 Å². The van der Waals surface area contributed by atoms with Crippen molar-refractivity contribution < 1.29 is 14.7 Å². The van der Waals surface area contributed by atoms with Gasteiger partial charge in [-0.2, -0.15) is 5.10 Å². The molecule has 1 atom stereocenters. The number of benzene rings is 1. The third kappa shape index (κ3) is 4.14. The summed E-state index contributed by atoms with van der Waals surface area (Å²) in [7, 11) is 0. The van der Waals surface area contributed by atoms with Crippen molar-refractivity contribution in [3.63, 3.8) is 0 Å². The van der Waals surface area contributed by atoms with Crippen LogP contribution in [0.15, 0.2) is 47.3 Å². The van der Waals surface area contributed by atoms with Gasteiger partial charge in [-0.05, 0) is 19.9 Å². The van der Waals surface area contributed by atoms with Crippen LogP contribution in [0, 0.1) is 0 Å². The van der Waals surface area contributed by atoms with Crippen LogP contribution in [0.5, 0.6) is 0 Å². The summed E-state index contributed by atoms with van der Waals surface area (Å²) in [4.78, 5) is 35.5. The Morgan fingerprint density at radius 3 is 2.42 bits per heavy atom. The van der Waals surface area contributed by atoms with Crippen LogP contribution in [0.4, 0.5) is 0 Å². The Morgan fingerprint density at radius 2 is 1.83 bits per heavy atom. The van der Waals surface area contributed by atoms with Gasteiger partial charge in [0.15, 0.2) is 5.78 Å². The molecule has 0 aliphatic heterocycles. The molecule has 7 heteroatoms. The lowest BCUT2D eigenvalue weighted by molar-refractivity contribution is -0.136. The lowest BCUT2D eigenvalue weighted by Gasteiger charge is -2.18. The second-order valence-corrected chi connectivity index (χ2v) is 5.57. The number of ketones is 1. The molecule has 24 heavy (non-hydrogen) atoms. The fraction of sp³-hybridized carbons (Fsp3) is 0.294. The fourth-order valence-corrected chi connectivity index (χ4v) is 2.25. The second-order valence-electron chi connectivity index (χ2n) is 5.57. The molecule has 2 aromatic rings. The fourth-order valence-electron chi connectivity index (χ4n) is 2.25. The maximum atomic E-state index is 12.7. The molecule has 1 unspecified atom stereocenters. The number of carboxylic acids is 1. The third-order valence-corrected chi connectivity index (χ3v) is 3.41. The molecule has 0 saturated carbocycles. The minimum Gasteiger partial charge on any atom is -0.480 e. The van der Waals surface area contributed by atoms with Gasteiger partial charge in [0.1, 0.15) is 6.04 Å². The van der Waals surface area contributed by atoms with Gasteiger partial charge in [-0.15, -0.1) is 0 Å². The van der Waals surface area contributed by atoms with E-state index in [0.717, 1.165) is 0 Å². The second kappa shape index (κ2) is 7.65. The maximum Gasteiger partial charge on any atom is 0.317 e. The number of hydrogen-bond acceptors (Lipinski definition) is 5. The Hall–Kier alpha value is -2.80. The van der Waals surface area contributed by atoms with Crippen LogP contribution in [0.2, 0.25) is 0 Å². The predicted molar refractivity (Wildman–Crippen MR) is 88.0 cm³/mol. The summed E-state index contributed by atoms with van der Waals surface area (Å²) in [5, 5.41) is 15.8. The van der Waals surface area contributed by atoms with Crippen LogP contribution in [-0.2, 0) is 4.79 Å². The molecule has 1 heterocycles. The Kier molecular flexibility index (Phi) is 5.59. The minimum atomic E-state index is -1.09. The molecule has 2 N–H and O–H groups in total. The van der Waals surface area contributed by atoms with Crippen molar-refractivity contribution in [2.24, 2.45) is 0 Å². The molecule has 1 aromatic carbocycles. The molecule has 0 spiro atoms. The molecule has 0 bridgehead atoms. The van der Waals surface area contributed by atoms with E-state index in [2.05, 4.69) is 10.4 Å². The number of nitrogens with zero attached hydrogens (tertiary/aromatic N) is 2. The zero-order valence-corrected chi connectivity index (χ0v) is 13.5. The molecule has 0 amide bonds. The Morgan fingerprint density at radius 1 is 1.17 bits per heavy atom. The number of rotatable bonds is 7. The van der Waals surface area contributed by atoms with E-state index < -0.39 is 18.6 Å². The van der Waals surface area contributed by atoms with E-state index in [9.17, 15) is 14.4 Å². The monoisotopic (exact) mass is 329 g/mol. The number of nitrogens with one attached hydrogen (secondary N) is 1. The number of carboxylic acid groups (broad SMARTS) is 1. The van der Waals surface area contributed by atoms with E-state index in [0.29, 0.717) is 11.3 Å². The number of aromatic nitrogens is 2. The Bertz CT molecular complexity index is 784. The van der Waals surface area contributed by atoms with Crippen molar-refractivity contribution in [2.75, 3.05) is 6.54 Å². The topological polar surface area (TPSA) is 101 Å². The summed E-state index contributed by atoms with van der Waals surface area (Å²) in [6.07, 6.45) is 0. The number of carbonyl (C=O) groups excluding carboxylic acids is 1. The van der Waals surface area contributed by atoms with Gasteiger partial charge in [0.2, 0.25) is 0 Å². The van der Waals surface area contributed by atoms with E-state index in [1.807, 2.05) is 0 Å². The van der Waals surface area contributed by atoms with Crippen LogP contribution in [0.1, 0.15) is 42.0 Å². The Labute approximate surface area is 138 Å². The molecule has 1 aromatic heterocycles. The van der Waals surface area contributed by atoms with E-state index >= 15 is 0 Å². The maximum absolute atomic E-state index is 12.7. The van der Waals surface area contributed by atoms with Gasteiger partial charge in [0, 0.05) is 11.6 Å². The highest BCUT2D eigenvalue weighted by Gasteiger charge is 2.24. The van der Waals surface area contributed by atoms with Crippen LogP contribution in [-0.4, -0.2) is 33.2 Å². The van der Waals surface area contributed by atoms with Crippen molar-refractivity contribution in [1.82, 2.24) is 15.1 Å². The highest BCUT2D eigenvalue weighted by atomic mass is 16.4. The summed E-state index contributed by atoms with van der Waals surface area (Å²) in [6.45, 7) is 3.21. The minimum absolute atomic E-state index is 0.176. The van der Waals surface area contributed by atoms with E-state index in [-0.39, 0.29) is 17.4 Å². The Balaban J connectivity index is 2.43. The predicted octanol–water partition coefficient (Wildman–Crippen LogP) is 1.42. The third-order valence-electron chi connectivity index (χ3n) is 3.41. The summed E-state index contributed by atoms with van der Waals surface area (Å²) in [5.74, 6) is -1.39. The van der Waals surface area contributed by atoms with Crippen molar-refractivity contribution >= 4 is 11.8 Å². The lowest BCUT2D eigenvalue weighted by atomic mass is 10.0. The van der Waals surface area contributed by atoms with Crippen LogP contribution < -0.4 is 10.9 Å². The normalized spacial score (nSPS) is 12.1. The number of aliphatic carboxylic acids is 1. The smallest absolute Gasteiger partial charge is 0.317 e. The molecular weight excluding hydrogens is 310 g/mol. The molecule has 0 fully saturated rings. The van der Waals surface area contributed by atoms with Gasteiger partial charge in [0.05, 0.1) is 18.3 Å². The number of hydrogen-bond donors (Lipinski definition) is 2. The first-order valence-electron chi connectivity index (χ1n) is 7.54. The van der Waals surface area contributed by atoms with Gasteiger partial charge in [-0.1, -0.05) is 30.3 Å². The zero-order valence-electron chi connectivity index (χ0n) is 13.5. The zero-order chi connectivity index (χ0) is 17.7. The van der Waals surface area contributed by atoms with Crippen molar-refractivity contribution in [3.05, 3.63) is 64.1 Å². The van der Waals surface area contributed by atoms with Crippen molar-refractivity contribution in [1.29, 1.82) is 0 Å². The average Bonchev–Trinajstić information content (AvgIpc) is 2.56. The molecular formula is C17H19N3O4. The van der Waals surface area contributed by atoms with Crippen LogP contribution in [0.3, 0.4) is 0 Å². The highest BCUT2D eigenvalue weighted by molar-refractivity contribution is 6.00. The van der Waals surface area contributed by atoms with Gasteiger partial charge < -0.3 is 5.11 Å². The van der Waals surface area contributed by atoms with Crippen molar-refractivity contribution in [3.8, 4) is 0 Å².